The normalized spacial score (nSPS) is 16.0. The summed E-state index contributed by atoms with van der Waals surface area (Å²) in [4.78, 5) is 20.6. The number of pyridine rings is 1. The van der Waals surface area contributed by atoms with Crippen LogP contribution in [0.2, 0.25) is 0 Å². The van der Waals surface area contributed by atoms with Gasteiger partial charge in [0.1, 0.15) is 5.82 Å². The molecule has 1 aliphatic heterocycles. The van der Waals surface area contributed by atoms with Crippen molar-refractivity contribution >= 4 is 11.7 Å². The van der Waals surface area contributed by atoms with Crippen LogP contribution in [0, 0.1) is 0 Å². The number of carbonyl (C=O) groups excluding carboxylic acids is 1. The van der Waals surface area contributed by atoms with Crippen molar-refractivity contribution in [2.75, 3.05) is 50.8 Å². The zero-order valence-corrected chi connectivity index (χ0v) is 12.4. The fourth-order valence-corrected chi connectivity index (χ4v) is 2.40. The predicted molar refractivity (Wildman–Crippen MR) is 82.2 cm³/mol. The van der Waals surface area contributed by atoms with Crippen molar-refractivity contribution in [1.29, 1.82) is 0 Å². The molecule has 6 nitrogen and oxygen atoms in total. The van der Waals surface area contributed by atoms with Gasteiger partial charge in [-0.3, -0.25) is 9.69 Å². The summed E-state index contributed by atoms with van der Waals surface area (Å²) in [5.41, 5.74) is 0. The molecule has 0 bridgehead atoms. The second kappa shape index (κ2) is 8.59. The molecule has 1 amide bonds. The molecule has 0 radical (unpaired) electrons. The second-order valence-corrected chi connectivity index (χ2v) is 5.19. The van der Waals surface area contributed by atoms with Gasteiger partial charge in [-0.15, -0.1) is 0 Å². The Hall–Kier alpha value is -1.66. The Morgan fingerprint density at radius 3 is 2.76 bits per heavy atom. The van der Waals surface area contributed by atoms with E-state index in [0.29, 0.717) is 19.4 Å². The lowest BCUT2D eigenvalue weighted by atomic mass is 10.2. The highest BCUT2D eigenvalue weighted by atomic mass is 16.3. The standard InChI is InChI=1S/C15H24N4O2/c20-13-3-7-17-15(21)5-8-18-9-11-19(12-10-18)14-4-1-2-6-16-14/h1-2,4,6,20H,3,5,7-13H2,(H,17,21). The molecule has 1 fully saturated rings. The third kappa shape index (κ3) is 5.32. The number of aliphatic hydroxyl groups is 1. The van der Waals surface area contributed by atoms with Crippen molar-refractivity contribution in [2.45, 2.75) is 12.8 Å². The maximum atomic E-state index is 11.6. The molecule has 0 aliphatic carbocycles. The van der Waals surface area contributed by atoms with E-state index in [1.54, 1.807) is 0 Å². The van der Waals surface area contributed by atoms with Gasteiger partial charge in [0, 0.05) is 58.5 Å². The second-order valence-electron chi connectivity index (χ2n) is 5.19. The Morgan fingerprint density at radius 1 is 1.29 bits per heavy atom. The molecule has 1 aliphatic rings. The first-order valence-corrected chi connectivity index (χ1v) is 7.55. The molecule has 2 rings (SSSR count). The van der Waals surface area contributed by atoms with Crippen LogP contribution in [0.4, 0.5) is 5.82 Å². The van der Waals surface area contributed by atoms with E-state index in [1.807, 2.05) is 24.4 Å². The largest absolute Gasteiger partial charge is 0.396 e. The molecule has 2 N–H and O–H groups in total. The number of rotatable bonds is 7. The maximum Gasteiger partial charge on any atom is 0.221 e. The maximum absolute atomic E-state index is 11.6. The molecular formula is C15H24N4O2. The zero-order valence-electron chi connectivity index (χ0n) is 12.4. The van der Waals surface area contributed by atoms with Crippen molar-refractivity contribution in [1.82, 2.24) is 15.2 Å². The van der Waals surface area contributed by atoms with E-state index in [1.165, 1.54) is 0 Å². The lowest BCUT2D eigenvalue weighted by molar-refractivity contribution is -0.121. The number of aromatic nitrogens is 1. The van der Waals surface area contributed by atoms with Gasteiger partial charge in [0.15, 0.2) is 0 Å². The minimum absolute atomic E-state index is 0.0654. The van der Waals surface area contributed by atoms with Gasteiger partial charge in [0.05, 0.1) is 0 Å². The molecule has 1 aromatic rings. The highest BCUT2D eigenvalue weighted by Crippen LogP contribution is 2.12. The lowest BCUT2D eigenvalue weighted by Gasteiger charge is -2.35. The molecule has 2 heterocycles. The number of nitrogens with zero attached hydrogens (tertiary/aromatic N) is 3. The number of hydrogen-bond donors (Lipinski definition) is 2. The minimum atomic E-state index is 0.0654. The van der Waals surface area contributed by atoms with Gasteiger partial charge in [-0.05, 0) is 18.6 Å². The molecule has 0 unspecified atom stereocenters. The summed E-state index contributed by atoms with van der Waals surface area (Å²) < 4.78 is 0. The van der Waals surface area contributed by atoms with Crippen LogP contribution in [0.25, 0.3) is 0 Å². The summed E-state index contributed by atoms with van der Waals surface area (Å²) in [5.74, 6) is 1.09. The fraction of sp³-hybridized carbons (Fsp3) is 0.600. The Labute approximate surface area is 125 Å². The number of carbonyl (C=O) groups is 1. The summed E-state index contributed by atoms with van der Waals surface area (Å²) in [6, 6.07) is 5.96. The summed E-state index contributed by atoms with van der Waals surface area (Å²) in [6.07, 6.45) is 2.96. The van der Waals surface area contributed by atoms with Gasteiger partial charge in [-0.1, -0.05) is 6.07 Å². The quantitative estimate of drug-likeness (QED) is 0.697. The third-order valence-corrected chi connectivity index (χ3v) is 3.66. The van der Waals surface area contributed by atoms with Gasteiger partial charge in [0.2, 0.25) is 5.91 Å². The monoisotopic (exact) mass is 292 g/mol. The van der Waals surface area contributed by atoms with Crippen molar-refractivity contribution in [3.05, 3.63) is 24.4 Å². The van der Waals surface area contributed by atoms with Gasteiger partial charge in [-0.25, -0.2) is 4.98 Å². The van der Waals surface area contributed by atoms with Crippen LogP contribution in [-0.4, -0.2) is 66.8 Å². The van der Waals surface area contributed by atoms with E-state index < -0.39 is 0 Å². The summed E-state index contributed by atoms with van der Waals surface area (Å²) >= 11 is 0. The van der Waals surface area contributed by atoms with E-state index in [0.717, 1.165) is 38.5 Å². The Bertz CT molecular complexity index is 419. The number of anilines is 1. The van der Waals surface area contributed by atoms with Crippen LogP contribution in [0.3, 0.4) is 0 Å². The van der Waals surface area contributed by atoms with Crippen LogP contribution >= 0.6 is 0 Å². The van der Waals surface area contributed by atoms with Gasteiger partial charge in [0.25, 0.3) is 0 Å². The van der Waals surface area contributed by atoms with Crippen molar-refractivity contribution in [3.8, 4) is 0 Å². The zero-order chi connectivity index (χ0) is 14.9. The van der Waals surface area contributed by atoms with Crippen molar-refractivity contribution in [2.24, 2.45) is 0 Å². The molecule has 1 aromatic heterocycles. The van der Waals surface area contributed by atoms with Gasteiger partial charge < -0.3 is 15.3 Å². The molecule has 0 saturated carbocycles. The predicted octanol–water partition coefficient (Wildman–Crippen LogP) is 0.0923. The molecule has 0 aromatic carbocycles. The average molecular weight is 292 g/mol. The fourth-order valence-electron chi connectivity index (χ4n) is 2.40. The molecule has 0 spiro atoms. The average Bonchev–Trinajstić information content (AvgIpc) is 2.54. The van der Waals surface area contributed by atoms with Crippen LogP contribution in [0.5, 0.6) is 0 Å². The number of piperazine rings is 1. The van der Waals surface area contributed by atoms with Gasteiger partial charge in [-0.2, -0.15) is 0 Å². The van der Waals surface area contributed by atoms with Crippen LogP contribution < -0.4 is 10.2 Å². The number of aliphatic hydroxyl groups excluding tert-OH is 1. The minimum Gasteiger partial charge on any atom is -0.396 e. The summed E-state index contributed by atoms with van der Waals surface area (Å²) in [6.45, 7) is 5.28. The Morgan fingerprint density at radius 2 is 2.10 bits per heavy atom. The summed E-state index contributed by atoms with van der Waals surface area (Å²) in [7, 11) is 0. The van der Waals surface area contributed by atoms with E-state index in [4.69, 9.17) is 5.11 Å². The summed E-state index contributed by atoms with van der Waals surface area (Å²) in [5, 5.41) is 11.5. The smallest absolute Gasteiger partial charge is 0.221 e. The topological polar surface area (TPSA) is 68.7 Å². The van der Waals surface area contributed by atoms with Crippen LogP contribution in [0.15, 0.2) is 24.4 Å². The van der Waals surface area contributed by atoms with E-state index in [2.05, 4.69) is 20.1 Å². The Balaban J connectivity index is 1.64. The highest BCUT2D eigenvalue weighted by molar-refractivity contribution is 5.76. The first-order valence-electron chi connectivity index (χ1n) is 7.55. The third-order valence-electron chi connectivity index (χ3n) is 3.66. The van der Waals surface area contributed by atoms with E-state index in [9.17, 15) is 4.79 Å². The highest BCUT2D eigenvalue weighted by Gasteiger charge is 2.18. The lowest BCUT2D eigenvalue weighted by Crippen LogP contribution is -2.47. The van der Waals surface area contributed by atoms with Crippen LogP contribution in [0.1, 0.15) is 12.8 Å². The van der Waals surface area contributed by atoms with Crippen molar-refractivity contribution in [3.63, 3.8) is 0 Å². The molecule has 1 saturated heterocycles. The molecule has 6 heteroatoms. The molecule has 116 valence electrons. The number of nitrogens with one attached hydrogen (secondary N) is 1. The first-order chi connectivity index (χ1) is 10.3. The SMILES string of the molecule is O=C(CCN1CCN(c2ccccn2)CC1)NCCCO. The van der Waals surface area contributed by atoms with E-state index >= 15 is 0 Å². The number of amides is 1. The molecule has 21 heavy (non-hydrogen) atoms. The molecular weight excluding hydrogens is 268 g/mol. The van der Waals surface area contributed by atoms with E-state index in [-0.39, 0.29) is 12.5 Å². The first kappa shape index (κ1) is 15.7. The van der Waals surface area contributed by atoms with Crippen molar-refractivity contribution < 1.29 is 9.90 Å². The van der Waals surface area contributed by atoms with Crippen LogP contribution in [-0.2, 0) is 4.79 Å². The molecule has 0 atom stereocenters. The Kier molecular flexibility index (Phi) is 6.43. The number of hydrogen-bond acceptors (Lipinski definition) is 5. The van der Waals surface area contributed by atoms with Gasteiger partial charge >= 0.3 is 0 Å².